The van der Waals surface area contributed by atoms with Gasteiger partial charge in [0.25, 0.3) is 0 Å². The van der Waals surface area contributed by atoms with E-state index in [0.29, 0.717) is 12.1 Å². The number of halogens is 1. The third kappa shape index (κ3) is 6.09. The summed E-state index contributed by atoms with van der Waals surface area (Å²) < 4.78 is 18.4. The van der Waals surface area contributed by atoms with Crippen LogP contribution in [-0.2, 0) is 16.0 Å². The highest BCUT2D eigenvalue weighted by Crippen LogP contribution is 2.22. The Balaban J connectivity index is 1.45. The zero-order chi connectivity index (χ0) is 19.1. The number of benzene rings is 2. The Kier molecular flexibility index (Phi) is 6.41. The molecule has 27 heavy (non-hydrogen) atoms. The maximum atomic E-state index is 12.9. The van der Waals surface area contributed by atoms with E-state index in [1.807, 2.05) is 18.2 Å². The van der Waals surface area contributed by atoms with Gasteiger partial charge in [0.15, 0.2) is 0 Å². The summed E-state index contributed by atoms with van der Waals surface area (Å²) in [5, 5.41) is 5.69. The fourth-order valence-corrected chi connectivity index (χ4v) is 3.27. The summed E-state index contributed by atoms with van der Waals surface area (Å²) in [5.41, 5.74) is 1.45. The zero-order valence-corrected chi connectivity index (χ0v) is 15.0. The second-order valence-electron chi connectivity index (χ2n) is 6.75. The van der Waals surface area contributed by atoms with E-state index >= 15 is 0 Å². The Bertz CT molecular complexity index is 765. The quantitative estimate of drug-likeness (QED) is 0.835. The summed E-state index contributed by atoms with van der Waals surface area (Å²) in [5.74, 6) is -0.429. The van der Waals surface area contributed by atoms with Gasteiger partial charge in [0.1, 0.15) is 11.9 Å². The van der Waals surface area contributed by atoms with E-state index in [-0.39, 0.29) is 30.3 Å². The first-order chi connectivity index (χ1) is 13.1. The van der Waals surface area contributed by atoms with Crippen LogP contribution in [0.3, 0.4) is 0 Å². The van der Waals surface area contributed by atoms with Crippen molar-refractivity contribution in [2.45, 2.75) is 44.2 Å². The average molecular weight is 370 g/mol. The molecule has 0 heterocycles. The van der Waals surface area contributed by atoms with Crippen molar-refractivity contribution in [3.05, 3.63) is 66.0 Å². The minimum atomic E-state index is -0.482. The van der Waals surface area contributed by atoms with Crippen molar-refractivity contribution in [3.63, 3.8) is 0 Å². The number of ether oxygens (including phenoxy) is 1. The number of para-hydroxylation sites is 1. The largest absolute Gasteiger partial charge is 0.446 e. The summed E-state index contributed by atoms with van der Waals surface area (Å²) in [6, 6.07) is 15.0. The Morgan fingerprint density at radius 2 is 1.78 bits per heavy atom. The van der Waals surface area contributed by atoms with E-state index in [0.717, 1.165) is 24.8 Å². The van der Waals surface area contributed by atoms with Gasteiger partial charge < -0.3 is 10.1 Å². The summed E-state index contributed by atoms with van der Waals surface area (Å²) in [6.07, 6.45) is 2.61. The van der Waals surface area contributed by atoms with E-state index in [1.165, 1.54) is 12.1 Å². The van der Waals surface area contributed by atoms with E-state index in [9.17, 15) is 14.0 Å². The molecular weight excluding hydrogens is 347 g/mol. The highest BCUT2D eigenvalue weighted by atomic mass is 19.1. The van der Waals surface area contributed by atoms with Gasteiger partial charge in [0, 0.05) is 18.2 Å². The van der Waals surface area contributed by atoms with Crippen LogP contribution in [0.1, 0.15) is 31.2 Å². The average Bonchev–Trinajstić information content (AvgIpc) is 2.64. The number of rotatable bonds is 5. The molecule has 6 heteroatoms. The molecule has 1 fully saturated rings. The first-order valence-corrected chi connectivity index (χ1v) is 9.15. The molecule has 5 nitrogen and oxygen atoms in total. The van der Waals surface area contributed by atoms with Gasteiger partial charge in [-0.3, -0.25) is 10.1 Å². The molecule has 0 radical (unpaired) electrons. The number of hydrogen-bond acceptors (Lipinski definition) is 3. The molecule has 2 N–H and O–H groups in total. The second-order valence-corrected chi connectivity index (χ2v) is 6.75. The van der Waals surface area contributed by atoms with Gasteiger partial charge in [0.05, 0.1) is 6.42 Å². The molecule has 0 saturated heterocycles. The molecule has 2 atom stereocenters. The molecule has 0 unspecified atom stereocenters. The van der Waals surface area contributed by atoms with Crippen molar-refractivity contribution in [1.82, 2.24) is 5.32 Å². The summed E-state index contributed by atoms with van der Waals surface area (Å²) in [7, 11) is 0. The van der Waals surface area contributed by atoms with E-state index < -0.39 is 6.09 Å². The van der Waals surface area contributed by atoms with Crippen LogP contribution in [0.15, 0.2) is 54.6 Å². The predicted molar refractivity (Wildman–Crippen MR) is 101 cm³/mol. The third-order valence-electron chi connectivity index (χ3n) is 4.56. The fraction of sp³-hybridized carbons (Fsp3) is 0.333. The molecule has 0 aliphatic heterocycles. The van der Waals surface area contributed by atoms with Gasteiger partial charge in [-0.15, -0.1) is 0 Å². The Morgan fingerprint density at radius 1 is 1.04 bits per heavy atom. The van der Waals surface area contributed by atoms with E-state index in [1.54, 1.807) is 24.3 Å². The molecule has 0 spiro atoms. The van der Waals surface area contributed by atoms with Crippen molar-refractivity contribution in [2.75, 3.05) is 5.32 Å². The molecule has 2 amide bonds. The van der Waals surface area contributed by atoms with Crippen LogP contribution in [0.5, 0.6) is 0 Å². The monoisotopic (exact) mass is 370 g/mol. The van der Waals surface area contributed by atoms with Crippen molar-refractivity contribution in [1.29, 1.82) is 0 Å². The van der Waals surface area contributed by atoms with Crippen LogP contribution in [0, 0.1) is 5.82 Å². The number of carbonyl (C=O) groups is 2. The second kappa shape index (κ2) is 9.16. The van der Waals surface area contributed by atoms with Gasteiger partial charge in [0.2, 0.25) is 5.91 Å². The first kappa shape index (κ1) is 18.9. The number of amides is 2. The fourth-order valence-electron chi connectivity index (χ4n) is 3.27. The number of nitrogens with one attached hydrogen (secondary N) is 2. The summed E-state index contributed by atoms with van der Waals surface area (Å²) in [6.45, 7) is 0. The molecule has 1 saturated carbocycles. The molecule has 142 valence electrons. The number of hydrogen-bond donors (Lipinski definition) is 2. The molecule has 1 aliphatic rings. The maximum absolute atomic E-state index is 12.9. The normalized spacial score (nSPS) is 19.1. The van der Waals surface area contributed by atoms with E-state index in [4.69, 9.17) is 4.74 Å². The molecule has 3 rings (SSSR count). The first-order valence-electron chi connectivity index (χ1n) is 9.15. The topological polar surface area (TPSA) is 67.4 Å². The van der Waals surface area contributed by atoms with Crippen molar-refractivity contribution >= 4 is 17.7 Å². The lowest BCUT2D eigenvalue weighted by Gasteiger charge is -2.29. The maximum Gasteiger partial charge on any atom is 0.411 e. The lowest BCUT2D eigenvalue weighted by atomic mass is 9.92. The Hall–Kier alpha value is -2.89. The van der Waals surface area contributed by atoms with Crippen LogP contribution in [0.2, 0.25) is 0 Å². The molecule has 0 bridgehead atoms. The Morgan fingerprint density at radius 3 is 2.52 bits per heavy atom. The molecule has 2 aromatic carbocycles. The highest BCUT2D eigenvalue weighted by molar-refractivity contribution is 5.84. The smallest absolute Gasteiger partial charge is 0.411 e. The van der Waals surface area contributed by atoms with Crippen LogP contribution >= 0.6 is 0 Å². The SMILES string of the molecule is O=C(Cc1ccc(F)cc1)N[C@H]1CCC[C@@H](OC(=O)Nc2ccccc2)C1. The van der Waals surface area contributed by atoms with Crippen LogP contribution < -0.4 is 10.6 Å². The molecular formula is C21H23FN2O3. The van der Waals surface area contributed by atoms with Gasteiger partial charge in [-0.05, 0) is 49.1 Å². The van der Waals surface area contributed by atoms with E-state index in [2.05, 4.69) is 10.6 Å². The molecule has 1 aliphatic carbocycles. The van der Waals surface area contributed by atoms with Crippen molar-refractivity contribution < 1.29 is 18.7 Å². The minimum absolute atomic E-state index is 0.0266. The summed E-state index contributed by atoms with van der Waals surface area (Å²) >= 11 is 0. The van der Waals surface area contributed by atoms with Crippen molar-refractivity contribution in [2.24, 2.45) is 0 Å². The van der Waals surface area contributed by atoms with Gasteiger partial charge >= 0.3 is 6.09 Å². The molecule has 0 aromatic heterocycles. The standard InChI is InChI=1S/C21H23FN2O3/c22-16-11-9-15(10-12-16)13-20(25)23-18-7-4-8-19(14-18)27-21(26)24-17-5-2-1-3-6-17/h1-3,5-6,9-12,18-19H,4,7-8,13-14H2,(H,23,25)(H,24,26)/t18-,19+/m0/s1. The minimum Gasteiger partial charge on any atom is -0.446 e. The molecule has 2 aromatic rings. The van der Waals surface area contributed by atoms with Crippen LogP contribution in [0.25, 0.3) is 0 Å². The van der Waals surface area contributed by atoms with Crippen molar-refractivity contribution in [3.8, 4) is 0 Å². The zero-order valence-electron chi connectivity index (χ0n) is 15.0. The predicted octanol–water partition coefficient (Wildman–Crippen LogP) is 4.04. The van der Waals surface area contributed by atoms with Gasteiger partial charge in [-0.1, -0.05) is 30.3 Å². The highest BCUT2D eigenvalue weighted by Gasteiger charge is 2.26. The Labute approximate surface area is 157 Å². The van der Waals surface area contributed by atoms with Crippen LogP contribution in [-0.4, -0.2) is 24.1 Å². The van der Waals surface area contributed by atoms with Gasteiger partial charge in [-0.25, -0.2) is 9.18 Å². The lowest BCUT2D eigenvalue weighted by Crippen LogP contribution is -2.41. The number of anilines is 1. The van der Waals surface area contributed by atoms with Crippen LogP contribution in [0.4, 0.5) is 14.9 Å². The summed E-state index contributed by atoms with van der Waals surface area (Å²) in [4.78, 5) is 24.2. The number of carbonyl (C=O) groups excluding carboxylic acids is 2. The lowest BCUT2D eigenvalue weighted by molar-refractivity contribution is -0.121. The van der Waals surface area contributed by atoms with Gasteiger partial charge in [-0.2, -0.15) is 0 Å². The third-order valence-corrected chi connectivity index (χ3v) is 4.56.